The van der Waals surface area contributed by atoms with Crippen LogP contribution < -0.4 is 10.5 Å². The van der Waals surface area contributed by atoms with E-state index in [1.807, 2.05) is 18.4 Å². The molecule has 2 N–H and O–H groups in total. The highest BCUT2D eigenvalue weighted by Crippen LogP contribution is 2.61. The fourth-order valence-corrected chi connectivity index (χ4v) is 6.89. The van der Waals surface area contributed by atoms with Gasteiger partial charge in [0.05, 0.1) is 17.3 Å². The van der Waals surface area contributed by atoms with Gasteiger partial charge in [-0.3, -0.25) is 4.79 Å². The number of carbonyl (C=O) groups is 1. The maximum atomic E-state index is 12.6. The molecule has 0 aliphatic heterocycles. The quantitative estimate of drug-likeness (QED) is 0.540. The average molecular weight is 435 g/mol. The molecule has 2 aromatic rings. The molecule has 0 saturated heterocycles. The molecule has 160 valence electrons. The topological polar surface area (TPSA) is 102 Å². The molecule has 7 heteroatoms. The summed E-state index contributed by atoms with van der Waals surface area (Å²) in [7, 11) is 0. The van der Waals surface area contributed by atoms with Crippen molar-refractivity contribution in [2.24, 2.45) is 28.9 Å². The Morgan fingerprint density at radius 3 is 2.29 bits per heavy atom. The van der Waals surface area contributed by atoms with Crippen molar-refractivity contribution in [3.63, 3.8) is 0 Å². The largest absolute Gasteiger partial charge is 0.464 e. The second-order valence-electron chi connectivity index (χ2n) is 9.45. The van der Waals surface area contributed by atoms with Crippen molar-refractivity contribution in [3.05, 3.63) is 35.9 Å². The van der Waals surface area contributed by atoms with Crippen LogP contribution >= 0.6 is 11.8 Å². The second kappa shape index (κ2) is 7.83. The van der Waals surface area contributed by atoms with Crippen LogP contribution in [0.5, 0.6) is 5.88 Å². The lowest BCUT2D eigenvalue weighted by Crippen LogP contribution is -2.57. The van der Waals surface area contributed by atoms with Crippen molar-refractivity contribution in [2.45, 2.75) is 49.8 Å². The number of rotatable bonds is 6. The molecule has 0 radical (unpaired) electrons. The normalized spacial score (nSPS) is 29.4. The van der Waals surface area contributed by atoms with Gasteiger partial charge in [-0.1, -0.05) is 23.9 Å². The minimum Gasteiger partial charge on any atom is -0.464 e. The highest BCUT2D eigenvalue weighted by molar-refractivity contribution is 7.98. The smallest absolute Gasteiger partial charge is 0.259 e. The number of hydrogen-bond acceptors (Lipinski definition) is 6. The number of nitriles is 1. The van der Waals surface area contributed by atoms with Crippen LogP contribution in [0.25, 0.3) is 11.3 Å². The molecule has 6 nitrogen and oxygen atoms in total. The predicted molar refractivity (Wildman–Crippen MR) is 118 cm³/mol. The summed E-state index contributed by atoms with van der Waals surface area (Å²) in [5.74, 6) is 2.07. The molecular formula is C24H26N4O2S. The number of thioether (sulfide) groups is 1. The molecular weight excluding hydrogens is 408 g/mol. The van der Waals surface area contributed by atoms with Gasteiger partial charge in [0.25, 0.3) is 5.91 Å². The van der Waals surface area contributed by atoms with Crippen LogP contribution in [-0.4, -0.2) is 28.2 Å². The Hall–Kier alpha value is -2.59. The first kappa shape index (κ1) is 20.3. The van der Waals surface area contributed by atoms with Gasteiger partial charge in [-0.05, 0) is 74.7 Å². The van der Waals surface area contributed by atoms with Gasteiger partial charge in [-0.15, -0.1) is 0 Å². The fraction of sp³-hybridized carbons (Fsp3) is 0.500. The lowest BCUT2D eigenvalue weighted by molar-refractivity contribution is -0.148. The molecule has 31 heavy (non-hydrogen) atoms. The van der Waals surface area contributed by atoms with Gasteiger partial charge in [-0.2, -0.15) is 10.2 Å². The Kier molecular flexibility index (Phi) is 5.13. The first-order chi connectivity index (χ1) is 15.0. The summed E-state index contributed by atoms with van der Waals surface area (Å²) in [6.45, 7) is 0. The number of carbonyl (C=O) groups excluding carboxylic acids is 1. The highest BCUT2D eigenvalue weighted by atomic mass is 32.2. The van der Waals surface area contributed by atoms with Crippen LogP contribution in [0.1, 0.15) is 44.1 Å². The molecule has 1 aromatic heterocycles. The maximum Gasteiger partial charge on any atom is 0.259 e. The van der Waals surface area contributed by atoms with E-state index in [9.17, 15) is 4.79 Å². The summed E-state index contributed by atoms with van der Waals surface area (Å²) in [5.41, 5.74) is 7.91. The van der Waals surface area contributed by atoms with E-state index < -0.39 is 12.0 Å². The Balaban J connectivity index is 1.47. The summed E-state index contributed by atoms with van der Waals surface area (Å²) in [6.07, 6.45) is 8.18. The zero-order chi connectivity index (χ0) is 21.6. The number of hydrogen-bond donors (Lipinski definition) is 1. The summed E-state index contributed by atoms with van der Waals surface area (Å²) in [6, 6.07) is 11.1. The van der Waals surface area contributed by atoms with Crippen molar-refractivity contribution in [3.8, 4) is 23.2 Å². The standard InChI is InChI=1S/C24H26N4O2S/c1-31-23-27-19(18-4-2-14(13-25)3-5-18)9-20(28-23)30-21(22(26)29)24-10-15-6-16(11-24)8-17(7-15)12-24/h2-5,9,15-17,21H,6-8,10-12H2,1H3,(H2,26,29). The van der Waals surface area contributed by atoms with Crippen molar-refractivity contribution in [1.29, 1.82) is 5.26 Å². The van der Waals surface area contributed by atoms with Gasteiger partial charge in [0.1, 0.15) is 0 Å². The summed E-state index contributed by atoms with van der Waals surface area (Å²) in [5, 5.41) is 9.62. The maximum absolute atomic E-state index is 12.6. The van der Waals surface area contributed by atoms with Crippen molar-refractivity contribution in [2.75, 3.05) is 6.26 Å². The molecule has 4 fully saturated rings. The second-order valence-corrected chi connectivity index (χ2v) is 10.2. The lowest BCUT2D eigenvalue weighted by Gasteiger charge is -2.58. The zero-order valence-corrected chi connectivity index (χ0v) is 18.4. The molecule has 4 aliphatic rings. The number of primary amides is 1. The molecule has 1 aromatic carbocycles. The Morgan fingerprint density at radius 1 is 1.16 bits per heavy atom. The molecule has 1 atom stereocenters. The third-order valence-corrected chi connectivity index (χ3v) is 7.86. The van der Waals surface area contributed by atoms with Crippen LogP contribution in [0.15, 0.2) is 35.5 Å². The van der Waals surface area contributed by atoms with Gasteiger partial charge in [0.15, 0.2) is 11.3 Å². The van der Waals surface area contributed by atoms with Crippen LogP contribution in [-0.2, 0) is 4.79 Å². The van der Waals surface area contributed by atoms with E-state index in [0.29, 0.717) is 40.0 Å². The Morgan fingerprint density at radius 2 is 1.77 bits per heavy atom. The number of nitrogens with two attached hydrogens (primary N) is 1. The molecule has 6 rings (SSSR count). The summed E-state index contributed by atoms with van der Waals surface area (Å²) in [4.78, 5) is 21.7. The van der Waals surface area contributed by atoms with Crippen LogP contribution in [0, 0.1) is 34.5 Å². The number of nitrogens with zero attached hydrogens (tertiary/aromatic N) is 3. The van der Waals surface area contributed by atoms with Gasteiger partial charge >= 0.3 is 0 Å². The van der Waals surface area contributed by atoms with Gasteiger partial charge in [0.2, 0.25) is 5.88 Å². The molecule has 4 aliphatic carbocycles. The van der Waals surface area contributed by atoms with Gasteiger partial charge in [-0.25, -0.2) is 4.98 Å². The molecule has 1 unspecified atom stereocenters. The average Bonchev–Trinajstić information content (AvgIpc) is 2.76. The van der Waals surface area contributed by atoms with E-state index in [2.05, 4.69) is 16.0 Å². The Labute approximate surface area is 186 Å². The molecule has 4 saturated carbocycles. The van der Waals surface area contributed by atoms with Gasteiger partial charge < -0.3 is 10.5 Å². The number of amides is 1. The van der Waals surface area contributed by atoms with Crippen molar-refractivity contribution < 1.29 is 9.53 Å². The monoisotopic (exact) mass is 434 g/mol. The van der Waals surface area contributed by atoms with E-state index in [-0.39, 0.29) is 5.41 Å². The molecule has 4 bridgehead atoms. The Bertz CT molecular complexity index is 1010. The zero-order valence-electron chi connectivity index (χ0n) is 17.6. The SMILES string of the molecule is CSc1nc(OC(C(N)=O)C23CC4CC(CC(C4)C2)C3)cc(-c2ccc(C#N)cc2)n1. The minimum absolute atomic E-state index is 0.167. The predicted octanol–water partition coefficient (Wildman–Crippen LogP) is 4.19. The molecule has 0 spiro atoms. The first-order valence-electron chi connectivity index (χ1n) is 10.9. The van der Waals surface area contributed by atoms with E-state index in [1.54, 1.807) is 18.2 Å². The van der Waals surface area contributed by atoms with E-state index in [1.165, 1.54) is 31.0 Å². The van der Waals surface area contributed by atoms with Crippen LogP contribution in [0.3, 0.4) is 0 Å². The van der Waals surface area contributed by atoms with E-state index in [4.69, 9.17) is 15.7 Å². The number of ether oxygens (including phenoxy) is 1. The fourth-order valence-electron chi connectivity index (χ4n) is 6.52. The molecule has 1 heterocycles. The third-order valence-electron chi connectivity index (χ3n) is 7.31. The summed E-state index contributed by atoms with van der Waals surface area (Å²) >= 11 is 1.42. The lowest BCUT2D eigenvalue weighted by atomic mass is 9.48. The van der Waals surface area contributed by atoms with Gasteiger partial charge in [0, 0.05) is 17.0 Å². The summed E-state index contributed by atoms with van der Waals surface area (Å²) < 4.78 is 6.32. The van der Waals surface area contributed by atoms with Crippen molar-refractivity contribution >= 4 is 17.7 Å². The third kappa shape index (κ3) is 3.78. The molecule has 1 amide bonds. The van der Waals surface area contributed by atoms with Crippen LogP contribution in [0.2, 0.25) is 0 Å². The minimum atomic E-state index is -0.667. The van der Waals surface area contributed by atoms with E-state index >= 15 is 0 Å². The first-order valence-corrected chi connectivity index (χ1v) is 12.1. The highest BCUT2D eigenvalue weighted by Gasteiger charge is 2.56. The van der Waals surface area contributed by atoms with Crippen LogP contribution in [0.4, 0.5) is 0 Å². The van der Waals surface area contributed by atoms with Crippen molar-refractivity contribution in [1.82, 2.24) is 9.97 Å². The number of aromatic nitrogens is 2. The number of benzene rings is 1. The van der Waals surface area contributed by atoms with E-state index in [0.717, 1.165) is 24.8 Å².